The zero-order valence-electron chi connectivity index (χ0n) is 10.7. The number of aryl methyl sites for hydroxylation is 1. The van der Waals surface area contributed by atoms with Crippen molar-refractivity contribution in [1.29, 1.82) is 0 Å². The third kappa shape index (κ3) is 4.76. The maximum atomic E-state index is 11.0. The highest BCUT2D eigenvalue weighted by molar-refractivity contribution is 7.88. The summed E-state index contributed by atoms with van der Waals surface area (Å²) in [5.41, 5.74) is 7.15. The van der Waals surface area contributed by atoms with Crippen molar-refractivity contribution in [2.45, 2.75) is 6.92 Å². The number of aromatic carboxylic acids is 1. The van der Waals surface area contributed by atoms with Crippen molar-refractivity contribution in [2.24, 2.45) is 0 Å². The van der Waals surface area contributed by atoms with Gasteiger partial charge in [-0.05, 0) is 24.6 Å². The molecule has 0 atom stereocenters. The van der Waals surface area contributed by atoms with Crippen LogP contribution in [0.3, 0.4) is 0 Å². The van der Waals surface area contributed by atoms with Gasteiger partial charge in [-0.3, -0.25) is 0 Å². The van der Waals surface area contributed by atoms with E-state index in [4.69, 9.17) is 10.8 Å². The summed E-state index contributed by atoms with van der Waals surface area (Å²) >= 11 is 0. The molecule has 106 valence electrons. The van der Waals surface area contributed by atoms with Crippen LogP contribution in [0.1, 0.15) is 15.9 Å². The molecule has 0 bridgehead atoms. The van der Waals surface area contributed by atoms with Crippen LogP contribution < -0.4 is 15.8 Å². The molecule has 0 aliphatic rings. The molecule has 1 rings (SSSR count). The van der Waals surface area contributed by atoms with Crippen LogP contribution in [0.4, 0.5) is 11.4 Å². The van der Waals surface area contributed by atoms with Gasteiger partial charge in [-0.1, -0.05) is 0 Å². The van der Waals surface area contributed by atoms with Gasteiger partial charge < -0.3 is 16.2 Å². The number of carbonyl (C=O) groups is 1. The Balaban J connectivity index is 2.72. The van der Waals surface area contributed by atoms with E-state index in [1.165, 1.54) is 6.07 Å². The summed E-state index contributed by atoms with van der Waals surface area (Å²) in [6.07, 6.45) is 1.07. The van der Waals surface area contributed by atoms with Gasteiger partial charge in [0.15, 0.2) is 0 Å². The topological polar surface area (TPSA) is 122 Å². The molecule has 0 aliphatic heterocycles. The average molecular weight is 287 g/mol. The monoisotopic (exact) mass is 287 g/mol. The van der Waals surface area contributed by atoms with Gasteiger partial charge in [0, 0.05) is 24.5 Å². The minimum absolute atomic E-state index is 0.0265. The predicted molar refractivity (Wildman–Crippen MR) is 73.9 cm³/mol. The number of carboxylic acid groups (broad SMARTS) is 1. The Kier molecular flexibility index (Phi) is 4.73. The van der Waals surface area contributed by atoms with Crippen LogP contribution >= 0.6 is 0 Å². The predicted octanol–water partition coefficient (Wildman–Crippen LogP) is 0.237. The third-order valence-corrected chi connectivity index (χ3v) is 3.16. The first-order valence-corrected chi connectivity index (χ1v) is 7.42. The summed E-state index contributed by atoms with van der Waals surface area (Å²) in [6.45, 7) is 2.27. The quantitative estimate of drug-likeness (QED) is 0.439. The van der Waals surface area contributed by atoms with Crippen molar-refractivity contribution in [1.82, 2.24) is 4.72 Å². The molecule has 0 amide bonds. The van der Waals surface area contributed by atoms with Crippen LogP contribution in [0.2, 0.25) is 0 Å². The number of anilines is 2. The number of hydrogen-bond donors (Lipinski definition) is 4. The van der Waals surface area contributed by atoms with Crippen molar-refractivity contribution in [3.63, 3.8) is 0 Å². The molecule has 0 saturated carbocycles. The van der Waals surface area contributed by atoms with Crippen LogP contribution in [-0.4, -0.2) is 38.8 Å². The van der Waals surface area contributed by atoms with Gasteiger partial charge >= 0.3 is 5.97 Å². The highest BCUT2D eigenvalue weighted by atomic mass is 32.2. The van der Waals surface area contributed by atoms with E-state index < -0.39 is 16.0 Å². The van der Waals surface area contributed by atoms with Gasteiger partial charge in [-0.25, -0.2) is 17.9 Å². The Labute approximate surface area is 111 Å². The fourth-order valence-corrected chi connectivity index (χ4v) is 1.99. The first-order chi connectivity index (χ1) is 8.70. The first kappa shape index (κ1) is 15.3. The van der Waals surface area contributed by atoms with Crippen LogP contribution in [-0.2, 0) is 10.0 Å². The number of nitrogen functional groups attached to an aromatic ring is 1. The molecule has 0 saturated heterocycles. The number of carboxylic acids is 1. The molecule has 0 radical (unpaired) electrons. The van der Waals surface area contributed by atoms with E-state index in [2.05, 4.69) is 10.0 Å². The third-order valence-electron chi connectivity index (χ3n) is 2.44. The lowest BCUT2D eigenvalue weighted by Crippen LogP contribution is -2.27. The van der Waals surface area contributed by atoms with E-state index in [9.17, 15) is 13.2 Å². The largest absolute Gasteiger partial charge is 0.478 e. The molecule has 1 aromatic rings. The number of nitrogens with one attached hydrogen (secondary N) is 2. The van der Waals surface area contributed by atoms with E-state index >= 15 is 0 Å². The van der Waals surface area contributed by atoms with Crippen molar-refractivity contribution in [3.8, 4) is 0 Å². The van der Waals surface area contributed by atoms with E-state index in [-0.39, 0.29) is 17.8 Å². The van der Waals surface area contributed by atoms with Gasteiger partial charge in [0.1, 0.15) is 0 Å². The highest BCUT2D eigenvalue weighted by Crippen LogP contribution is 2.22. The summed E-state index contributed by atoms with van der Waals surface area (Å²) in [5, 5.41) is 11.9. The van der Waals surface area contributed by atoms with Crippen LogP contribution in [0.5, 0.6) is 0 Å². The molecule has 0 aromatic heterocycles. The van der Waals surface area contributed by atoms with E-state index in [0.29, 0.717) is 17.8 Å². The van der Waals surface area contributed by atoms with Crippen molar-refractivity contribution in [3.05, 3.63) is 23.3 Å². The molecule has 0 unspecified atom stereocenters. The fourth-order valence-electron chi connectivity index (χ4n) is 1.52. The first-order valence-electron chi connectivity index (χ1n) is 5.52. The lowest BCUT2D eigenvalue weighted by Gasteiger charge is -2.11. The molecule has 5 N–H and O–H groups in total. The van der Waals surface area contributed by atoms with Crippen LogP contribution in [0.25, 0.3) is 0 Å². The van der Waals surface area contributed by atoms with Crippen molar-refractivity contribution in [2.75, 3.05) is 30.4 Å². The SMILES string of the molecule is Cc1cc(NCCNS(C)(=O)=O)cc(C(=O)O)c1N. The fraction of sp³-hybridized carbons (Fsp3) is 0.364. The molecule has 0 spiro atoms. The number of rotatable bonds is 6. The second-order valence-electron chi connectivity index (χ2n) is 4.15. The van der Waals surface area contributed by atoms with E-state index in [1.54, 1.807) is 13.0 Å². The summed E-state index contributed by atoms with van der Waals surface area (Å²) in [4.78, 5) is 11.0. The Morgan fingerprint density at radius 1 is 1.37 bits per heavy atom. The molecule has 0 aliphatic carbocycles. The van der Waals surface area contributed by atoms with Gasteiger partial charge in [0.25, 0.3) is 0 Å². The molecule has 0 fully saturated rings. The second-order valence-corrected chi connectivity index (χ2v) is 5.99. The minimum Gasteiger partial charge on any atom is -0.478 e. The Morgan fingerprint density at radius 2 is 2.00 bits per heavy atom. The van der Waals surface area contributed by atoms with Crippen LogP contribution in [0, 0.1) is 6.92 Å². The standard InChI is InChI=1S/C11H17N3O4S/c1-7-5-8(6-9(10(7)12)11(15)16)13-3-4-14-19(2,17)18/h5-6,13-14H,3-4,12H2,1-2H3,(H,15,16). The Bertz CT molecular complexity index is 584. The van der Waals surface area contributed by atoms with Gasteiger partial charge in [0.2, 0.25) is 10.0 Å². The van der Waals surface area contributed by atoms with Gasteiger partial charge in [-0.2, -0.15) is 0 Å². The second kappa shape index (κ2) is 5.89. The molecule has 7 nitrogen and oxygen atoms in total. The Morgan fingerprint density at radius 3 is 2.53 bits per heavy atom. The zero-order chi connectivity index (χ0) is 14.6. The lowest BCUT2D eigenvalue weighted by molar-refractivity contribution is 0.0698. The van der Waals surface area contributed by atoms with Crippen LogP contribution in [0.15, 0.2) is 12.1 Å². The summed E-state index contributed by atoms with van der Waals surface area (Å²) in [5.74, 6) is -1.10. The average Bonchev–Trinajstić information content (AvgIpc) is 2.27. The highest BCUT2D eigenvalue weighted by Gasteiger charge is 2.11. The summed E-state index contributed by atoms with van der Waals surface area (Å²) in [6, 6.07) is 3.13. The summed E-state index contributed by atoms with van der Waals surface area (Å²) in [7, 11) is -3.22. The van der Waals surface area contributed by atoms with E-state index in [0.717, 1.165) is 6.26 Å². The maximum Gasteiger partial charge on any atom is 0.337 e. The van der Waals surface area contributed by atoms with E-state index in [1.807, 2.05) is 0 Å². The smallest absolute Gasteiger partial charge is 0.337 e. The molecular formula is C11H17N3O4S. The molecule has 1 aromatic carbocycles. The summed E-state index contributed by atoms with van der Waals surface area (Å²) < 4.78 is 24.0. The zero-order valence-corrected chi connectivity index (χ0v) is 11.5. The van der Waals surface area contributed by atoms with Gasteiger partial charge in [0.05, 0.1) is 11.8 Å². The number of sulfonamides is 1. The minimum atomic E-state index is -3.22. The molecule has 0 heterocycles. The number of hydrogen-bond acceptors (Lipinski definition) is 5. The number of benzene rings is 1. The molecule has 19 heavy (non-hydrogen) atoms. The molecular weight excluding hydrogens is 270 g/mol. The van der Waals surface area contributed by atoms with Gasteiger partial charge in [-0.15, -0.1) is 0 Å². The van der Waals surface area contributed by atoms with Crippen molar-refractivity contribution < 1.29 is 18.3 Å². The normalized spacial score (nSPS) is 11.3. The maximum absolute atomic E-state index is 11.0. The Hall–Kier alpha value is -1.80. The number of nitrogens with two attached hydrogens (primary N) is 1. The van der Waals surface area contributed by atoms with Crippen molar-refractivity contribution >= 4 is 27.4 Å². The lowest BCUT2D eigenvalue weighted by atomic mass is 10.1. The molecule has 8 heteroatoms.